The zero-order valence-corrected chi connectivity index (χ0v) is 19.2. The quantitative estimate of drug-likeness (QED) is 0.126. The number of carbonyl (C=O) groups excluding carboxylic acids is 2. The fourth-order valence-electron chi connectivity index (χ4n) is 3.05. The number of rotatable bonds is 10. The first-order valence-corrected chi connectivity index (χ1v) is 10.8. The van der Waals surface area contributed by atoms with Crippen molar-refractivity contribution in [2.45, 2.75) is 19.0 Å². The normalized spacial score (nSPS) is 11.5. The molecule has 0 spiro atoms. The van der Waals surface area contributed by atoms with Gasteiger partial charge in [-0.25, -0.2) is 9.59 Å². The molecule has 3 rings (SSSR count). The Hall–Kier alpha value is -4.54. The average molecular weight is 518 g/mol. The Morgan fingerprint density at radius 3 is 2.08 bits per heavy atom. The zero-order chi connectivity index (χ0) is 27.0. The van der Waals surface area contributed by atoms with Gasteiger partial charge in [0.15, 0.2) is 0 Å². The standard InChI is InChI=1S/C26H22F4N2O5/c27-25(28)26(29,30)37-22-8-6-21(7-9-22)36-24(34)18-4-1-16(2-5-18)3-10-23(33)35-12-11-17-13-19(31)15-20(32)14-17/h1-10,13-15,25H,11-12,31-32H2. The van der Waals surface area contributed by atoms with E-state index in [0.717, 1.165) is 29.8 Å². The molecule has 37 heavy (non-hydrogen) atoms. The zero-order valence-electron chi connectivity index (χ0n) is 19.2. The lowest BCUT2D eigenvalue weighted by Crippen LogP contribution is -2.33. The molecule has 7 nitrogen and oxygen atoms in total. The molecule has 0 saturated carbocycles. The van der Waals surface area contributed by atoms with Crippen molar-refractivity contribution in [3.05, 3.63) is 89.5 Å². The van der Waals surface area contributed by atoms with Gasteiger partial charge in [0.2, 0.25) is 0 Å². The second-order valence-corrected chi connectivity index (χ2v) is 7.71. The van der Waals surface area contributed by atoms with Gasteiger partial charge in [-0.05, 0) is 71.8 Å². The molecule has 4 N–H and O–H groups in total. The second kappa shape index (κ2) is 11.9. The van der Waals surface area contributed by atoms with E-state index in [2.05, 4.69) is 4.74 Å². The molecule has 0 unspecified atom stereocenters. The number of benzene rings is 3. The Balaban J connectivity index is 1.48. The van der Waals surface area contributed by atoms with Gasteiger partial charge in [0.1, 0.15) is 11.5 Å². The first kappa shape index (κ1) is 27.1. The van der Waals surface area contributed by atoms with E-state index in [-0.39, 0.29) is 17.9 Å². The Bertz CT molecular complexity index is 1240. The number of anilines is 2. The van der Waals surface area contributed by atoms with Crippen LogP contribution in [0.2, 0.25) is 0 Å². The smallest absolute Gasteiger partial charge is 0.461 e. The van der Waals surface area contributed by atoms with Crippen molar-refractivity contribution in [1.82, 2.24) is 0 Å². The fraction of sp³-hybridized carbons (Fsp3) is 0.154. The highest BCUT2D eigenvalue weighted by molar-refractivity contribution is 5.91. The average Bonchev–Trinajstić information content (AvgIpc) is 2.83. The lowest BCUT2D eigenvalue weighted by molar-refractivity contribution is -0.253. The minimum atomic E-state index is -4.64. The molecule has 0 aliphatic heterocycles. The molecule has 0 radical (unpaired) electrons. The minimum Gasteiger partial charge on any atom is -0.462 e. The SMILES string of the molecule is Nc1cc(N)cc(CCOC(=O)C=Cc2ccc(C(=O)Oc3ccc(OC(F)(F)C(F)F)cc3)cc2)c1. The maximum atomic E-state index is 12.9. The molecule has 0 bridgehead atoms. The summed E-state index contributed by atoms with van der Waals surface area (Å²) in [6.45, 7) is 0.137. The lowest BCUT2D eigenvalue weighted by Gasteiger charge is -2.16. The van der Waals surface area contributed by atoms with Crippen LogP contribution < -0.4 is 20.9 Å². The number of alkyl halides is 4. The van der Waals surface area contributed by atoms with Gasteiger partial charge in [-0.2, -0.15) is 17.6 Å². The van der Waals surface area contributed by atoms with E-state index >= 15 is 0 Å². The predicted molar refractivity (Wildman–Crippen MR) is 128 cm³/mol. The number of carbonyl (C=O) groups is 2. The largest absolute Gasteiger partial charge is 0.462 e. The number of hydrogen-bond acceptors (Lipinski definition) is 7. The molecule has 3 aromatic carbocycles. The fourth-order valence-corrected chi connectivity index (χ4v) is 3.05. The summed E-state index contributed by atoms with van der Waals surface area (Å²) in [5, 5.41) is 0. The highest BCUT2D eigenvalue weighted by atomic mass is 19.3. The van der Waals surface area contributed by atoms with Crippen LogP contribution in [-0.2, 0) is 16.0 Å². The highest BCUT2D eigenvalue weighted by Crippen LogP contribution is 2.28. The number of hydrogen-bond donors (Lipinski definition) is 2. The number of nitrogens with two attached hydrogens (primary N) is 2. The molecule has 0 saturated heterocycles. The molecular formula is C26H22F4N2O5. The molecule has 0 heterocycles. The van der Waals surface area contributed by atoms with E-state index in [1.165, 1.54) is 24.3 Å². The van der Waals surface area contributed by atoms with Crippen LogP contribution in [-0.4, -0.2) is 31.1 Å². The lowest BCUT2D eigenvalue weighted by atomic mass is 10.1. The topological polar surface area (TPSA) is 114 Å². The summed E-state index contributed by atoms with van der Waals surface area (Å²) in [5.41, 5.74) is 14.1. The monoisotopic (exact) mass is 518 g/mol. The van der Waals surface area contributed by atoms with Gasteiger partial charge in [0.05, 0.1) is 12.2 Å². The molecule has 0 fully saturated rings. The first-order chi connectivity index (χ1) is 17.5. The first-order valence-electron chi connectivity index (χ1n) is 10.8. The van der Waals surface area contributed by atoms with Crippen LogP contribution >= 0.6 is 0 Å². The molecule has 0 amide bonds. The minimum absolute atomic E-state index is 0.00898. The van der Waals surface area contributed by atoms with Gasteiger partial charge in [0.25, 0.3) is 0 Å². The van der Waals surface area contributed by atoms with Crippen LogP contribution in [0.5, 0.6) is 11.5 Å². The maximum absolute atomic E-state index is 12.9. The number of halogens is 4. The van der Waals surface area contributed by atoms with E-state index in [9.17, 15) is 27.2 Å². The van der Waals surface area contributed by atoms with Crippen LogP contribution in [0.15, 0.2) is 72.8 Å². The molecule has 194 valence electrons. The van der Waals surface area contributed by atoms with E-state index in [0.29, 0.717) is 23.4 Å². The third kappa shape index (κ3) is 8.27. The summed E-state index contributed by atoms with van der Waals surface area (Å²) in [4.78, 5) is 24.2. The van der Waals surface area contributed by atoms with Crippen LogP contribution in [0.4, 0.5) is 28.9 Å². The van der Waals surface area contributed by atoms with Crippen LogP contribution in [0.25, 0.3) is 6.08 Å². The van der Waals surface area contributed by atoms with Gasteiger partial charge < -0.3 is 25.7 Å². The molecule has 0 aliphatic rings. The maximum Gasteiger partial charge on any atom is 0.461 e. The number of nitrogen functional groups attached to an aromatic ring is 2. The third-order valence-electron chi connectivity index (χ3n) is 4.77. The van der Waals surface area contributed by atoms with E-state index < -0.39 is 30.2 Å². The van der Waals surface area contributed by atoms with Gasteiger partial charge in [0, 0.05) is 23.9 Å². The molecular weight excluding hydrogens is 496 g/mol. The van der Waals surface area contributed by atoms with Crippen LogP contribution in [0, 0.1) is 0 Å². The van der Waals surface area contributed by atoms with Crippen molar-refractivity contribution in [1.29, 1.82) is 0 Å². The van der Waals surface area contributed by atoms with Crippen molar-refractivity contribution < 1.29 is 41.4 Å². The molecule has 0 aliphatic carbocycles. The summed E-state index contributed by atoms with van der Waals surface area (Å²) >= 11 is 0. The second-order valence-electron chi connectivity index (χ2n) is 7.71. The molecule has 0 aromatic heterocycles. The van der Waals surface area contributed by atoms with E-state index in [1.54, 1.807) is 30.3 Å². The van der Waals surface area contributed by atoms with Crippen molar-refractivity contribution >= 4 is 29.4 Å². The Morgan fingerprint density at radius 2 is 1.49 bits per heavy atom. The van der Waals surface area contributed by atoms with Crippen molar-refractivity contribution in [3.8, 4) is 11.5 Å². The van der Waals surface area contributed by atoms with E-state index in [1.807, 2.05) is 0 Å². The van der Waals surface area contributed by atoms with Gasteiger partial charge in [-0.15, -0.1) is 0 Å². The number of esters is 2. The Morgan fingerprint density at radius 1 is 0.892 bits per heavy atom. The summed E-state index contributed by atoms with van der Waals surface area (Å²) in [6.07, 6.45) is -5.44. The van der Waals surface area contributed by atoms with Gasteiger partial charge >= 0.3 is 24.5 Å². The van der Waals surface area contributed by atoms with Crippen molar-refractivity contribution in [2.75, 3.05) is 18.1 Å². The highest BCUT2D eigenvalue weighted by Gasteiger charge is 2.43. The van der Waals surface area contributed by atoms with Crippen LogP contribution in [0.1, 0.15) is 21.5 Å². The Kier molecular flexibility index (Phi) is 8.72. The van der Waals surface area contributed by atoms with E-state index in [4.69, 9.17) is 20.9 Å². The van der Waals surface area contributed by atoms with Crippen molar-refractivity contribution in [3.63, 3.8) is 0 Å². The predicted octanol–water partition coefficient (Wildman–Crippen LogP) is 5.11. The summed E-state index contributed by atoms with van der Waals surface area (Å²) < 4.78 is 64.5. The molecule has 11 heteroatoms. The molecule has 0 atom stereocenters. The molecule has 3 aromatic rings. The number of ether oxygens (including phenoxy) is 3. The summed E-state index contributed by atoms with van der Waals surface area (Å²) in [6, 6.07) is 15.4. The Labute approximate surface area is 209 Å². The summed E-state index contributed by atoms with van der Waals surface area (Å²) in [5.74, 6) is -1.83. The summed E-state index contributed by atoms with van der Waals surface area (Å²) in [7, 11) is 0. The third-order valence-corrected chi connectivity index (χ3v) is 4.77. The van der Waals surface area contributed by atoms with Gasteiger partial charge in [-0.1, -0.05) is 12.1 Å². The van der Waals surface area contributed by atoms with Crippen LogP contribution in [0.3, 0.4) is 0 Å². The van der Waals surface area contributed by atoms with Crippen molar-refractivity contribution in [2.24, 2.45) is 0 Å². The van der Waals surface area contributed by atoms with Gasteiger partial charge in [-0.3, -0.25) is 0 Å².